The van der Waals surface area contributed by atoms with Gasteiger partial charge in [-0.15, -0.1) is 12.6 Å². The first-order valence-electron chi connectivity index (χ1n) is 4.93. The highest BCUT2D eigenvalue weighted by Crippen LogP contribution is 2.29. The molecule has 0 radical (unpaired) electrons. The summed E-state index contributed by atoms with van der Waals surface area (Å²) in [5.74, 6) is 0. The number of rotatable bonds is 2. The molecule has 0 bridgehead atoms. The Morgan fingerprint density at radius 2 is 2.13 bits per heavy atom. The molecule has 2 rings (SSSR count). The van der Waals surface area contributed by atoms with Crippen molar-refractivity contribution >= 4 is 39.3 Å². The van der Waals surface area contributed by atoms with Gasteiger partial charge in [-0.25, -0.2) is 4.98 Å². The van der Waals surface area contributed by atoms with E-state index >= 15 is 0 Å². The van der Waals surface area contributed by atoms with Crippen molar-refractivity contribution in [2.75, 3.05) is 5.32 Å². The summed E-state index contributed by atoms with van der Waals surface area (Å²) in [6.07, 6.45) is 0. The Balaban J connectivity index is 2.47. The van der Waals surface area contributed by atoms with E-state index in [2.05, 4.69) is 55.8 Å². The summed E-state index contributed by atoms with van der Waals surface area (Å²) in [5, 5.41) is 4.30. The van der Waals surface area contributed by atoms with E-state index in [0.29, 0.717) is 6.04 Å². The Hall–Kier alpha value is -0.740. The van der Waals surface area contributed by atoms with Crippen LogP contribution in [0.5, 0.6) is 0 Å². The van der Waals surface area contributed by atoms with E-state index in [-0.39, 0.29) is 0 Å². The molecule has 2 aromatic rings. The molecule has 1 aromatic carbocycles. The summed E-state index contributed by atoms with van der Waals surface area (Å²) in [4.78, 5) is 5.56. The van der Waals surface area contributed by atoms with Gasteiger partial charge in [0, 0.05) is 10.9 Å². The largest absolute Gasteiger partial charge is 0.359 e. The Kier molecular flexibility index (Phi) is 2.89. The van der Waals surface area contributed by atoms with Crippen molar-refractivity contribution in [2.24, 2.45) is 0 Å². The summed E-state index contributed by atoms with van der Waals surface area (Å²) in [6.45, 7) is 6.28. The van der Waals surface area contributed by atoms with E-state index in [4.69, 9.17) is 0 Å². The number of fused-ring (bicyclic) bond motifs is 1. The van der Waals surface area contributed by atoms with Crippen LogP contribution < -0.4 is 5.32 Å². The van der Waals surface area contributed by atoms with Gasteiger partial charge >= 0.3 is 0 Å². The molecule has 0 aliphatic heterocycles. The zero-order valence-corrected chi connectivity index (χ0v) is 10.7. The van der Waals surface area contributed by atoms with E-state index in [1.165, 1.54) is 10.3 Å². The molecule has 1 heterocycles. The SMILES string of the molecule is Cc1cc2nc(NC(C)C)sc2cc1S. The lowest BCUT2D eigenvalue weighted by molar-refractivity contribution is 0.897. The van der Waals surface area contributed by atoms with Crippen LogP contribution in [0.25, 0.3) is 10.2 Å². The van der Waals surface area contributed by atoms with Gasteiger partial charge in [-0.1, -0.05) is 11.3 Å². The summed E-state index contributed by atoms with van der Waals surface area (Å²) in [5.41, 5.74) is 2.23. The Labute approximate surface area is 99.1 Å². The van der Waals surface area contributed by atoms with Crippen LogP contribution in [0.1, 0.15) is 19.4 Å². The molecule has 0 atom stereocenters. The normalized spacial score (nSPS) is 11.3. The van der Waals surface area contributed by atoms with Crippen molar-refractivity contribution in [3.63, 3.8) is 0 Å². The lowest BCUT2D eigenvalue weighted by Gasteiger charge is -2.03. The third-order valence-corrected chi connectivity index (χ3v) is 3.55. The van der Waals surface area contributed by atoms with Gasteiger partial charge in [0.05, 0.1) is 10.2 Å². The fourth-order valence-electron chi connectivity index (χ4n) is 1.38. The third kappa shape index (κ3) is 2.26. The number of hydrogen-bond acceptors (Lipinski definition) is 4. The number of aryl methyl sites for hydroxylation is 1. The summed E-state index contributed by atoms with van der Waals surface area (Å²) < 4.78 is 1.19. The second-order valence-electron chi connectivity index (χ2n) is 3.92. The molecule has 0 aliphatic carbocycles. The van der Waals surface area contributed by atoms with Crippen LogP contribution >= 0.6 is 24.0 Å². The molecular formula is C11H14N2S2. The lowest BCUT2D eigenvalue weighted by Crippen LogP contribution is -2.08. The van der Waals surface area contributed by atoms with Gasteiger partial charge < -0.3 is 5.32 Å². The van der Waals surface area contributed by atoms with Gasteiger partial charge in [0.2, 0.25) is 0 Å². The number of anilines is 1. The van der Waals surface area contributed by atoms with Gasteiger partial charge in [-0.2, -0.15) is 0 Å². The quantitative estimate of drug-likeness (QED) is 0.780. The van der Waals surface area contributed by atoms with Crippen LogP contribution in [0.2, 0.25) is 0 Å². The number of thiazole rings is 1. The average molecular weight is 238 g/mol. The fraction of sp³-hybridized carbons (Fsp3) is 0.364. The number of nitrogens with zero attached hydrogens (tertiary/aromatic N) is 1. The van der Waals surface area contributed by atoms with Crippen molar-refractivity contribution in [1.82, 2.24) is 4.98 Å². The monoisotopic (exact) mass is 238 g/mol. The minimum Gasteiger partial charge on any atom is -0.359 e. The van der Waals surface area contributed by atoms with Crippen molar-refractivity contribution in [3.8, 4) is 0 Å². The average Bonchev–Trinajstić information content (AvgIpc) is 2.46. The number of thiol groups is 1. The van der Waals surface area contributed by atoms with Crippen LogP contribution in [-0.2, 0) is 0 Å². The van der Waals surface area contributed by atoms with Gasteiger partial charge in [-0.3, -0.25) is 0 Å². The molecule has 0 fully saturated rings. The molecule has 1 N–H and O–H groups in total. The van der Waals surface area contributed by atoms with Gasteiger partial charge in [0.25, 0.3) is 0 Å². The maximum atomic E-state index is 4.53. The molecule has 80 valence electrons. The highest BCUT2D eigenvalue weighted by Gasteiger charge is 2.06. The molecule has 2 nitrogen and oxygen atoms in total. The second kappa shape index (κ2) is 4.02. The predicted octanol–water partition coefficient (Wildman–Crippen LogP) is 3.71. The molecule has 0 unspecified atom stereocenters. The lowest BCUT2D eigenvalue weighted by atomic mass is 10.2. The maximum absolute atomic E-state index is 4.53. The minimum absolute atomic E-state index is 0.419. The molecule has 4 heteroatoms. The topological polar surface area (TPSA) is 24.9 Å². The Morgan fingerprint density at radius 3 is 2.80 bits per heavy atom. The van der Waals surface area contributed by atoms with Crippen molar-refractivity contribution < 1.29 is 0 Å². The van der Waals surface area contributed by atoms with E-state index in [0.717, 1.165) is 15.5 Å². The van der Waals surface area contributed by atoms with Gasteiger partial charge in [0.1, 0.15) is 0 Å². The van der Waals surface area contributed by atoms with Gasteiger partial charge in [-0.05, 0) is 38.5 Å². The van der Waals surface area contributed by atoms with Crippen LogP contribution in [0, 0.1) is 6.92 Å². The molecule has 15 heavy (non-hydrogen) atoms. The first-order valence-corrected chi connectivity index (χ1v) is 6.19. The van der Waals surface area contributed by atoms with Crippen molar-refractivity contribution in [3.05, 3.63) is 17.7 Å². The molecule has 0 spiro atoms. The van der Waals surface area contributed by atoms with E-state index < -0.39 is 0 Å². The van der Waals surface area contributed by atoms with Crippen molar-refractivity contribution in [2.45, 2.75) is 31.7 Å². The Morgan fingerprint density at radius 1 is 1.40 bits per heavy atom. The zero-order valence-electron chi connectivity index (χ0n) is 9.03. The summed E-state index contributed by atoms with van der Waals surface area (Å²) in [7, 11) is 0. The molecule has 0 amide bonds. The summed E-state index contributed by atoms with van der Waals surface area (Å²) in [6, 6.07) is 4.58. The smallest absolute Gasteiger partial charge is 0.183 e. The third-order valence-electron chi connectivity index (χ3n) is 2.12. The van der Waals surface area contributed by atoms with Crippen molar-refractivity contribution in [1.29, 1.82) is 0 Å². The number of benzene rings is 1. The standard InChI is InChI=1S/C11H14N2S2/c1-6(2)12-11-13-8-4-7(3)9(14)5-10(8)15-11/h4-6,14H,1-3H3,(H,12,13). The number of nitrogens with one attached hydrogen (secondary N) is 1. The van der Waals surface area contributed by atoms with Gasteiger partial charge in [0.15, 0.2) is 5.13 Å². The molecular weight excluding hydrogens is 224 g/mol. The van der Waals surface area contributed by atoms with Crippen LogP contribution in [0.3, 0.4) is 0 Å². The maximum Gasteiger partial charge on any atom is 0.183 e. The van der Waals surface area contributed by atoms with E-state index in [1.54, 1.807) is 11.3 Å². The highest BCUT2D eigenvalue weighted by molar-refractivity contribution is 7.80. The minimum atomic E-state index is 0.419. The van der Waals surface area contributed by atoms with Crippen LogP contribution in [-0.4, -0.2) is 11.0 Å². The van der Waals surface area contributed by atoms with E-state index in [1.807, 2.05) is 0 Å². The first kappa shape index (κ1) is 10.8. The predicted molar refractivity (Wildman–Crippen MR) is 70.4 cm³/mol. The van der Waals surface area contributed by atoms with Crippen LogP contribution in [0.15, 0.2) is 17.0 Å². The van der Waals surface area contributed by atoms with Crippen LogP contribution in [0.4, 0.5) is 5.13 Å². The highest BCUT2D eigenvalue weighted by atomic mass is 32.1. The molecule has 1 aromatic heterocycles. The van der Waals surface area contributed by atoms with E-state index in [9.17, 15) is 0 Å². The number of hydrogen-bond donors (Lipinski definition) is 2. The number of aromatic nitrogens is 1. The first-order chi connectivity index (χ1) is 7.06. The zero-order chi connectivity index (χ0) is 11.0. The summed E-state index contributed by atoms with van der Waals surface area (Å²) >= 11 is 6.09. The molecule has 0 saturated carbocycles. The second-order valence-corrected chi connectivity index (χ2v) is 5.44. The fourth-order valence-corrected chi connectivity index (χ4v) is 2.69. The molecule has 0 saturated heterocycles. The Bertz CT molecular complexity index is 450. The molecule has 0 aliphatic rings.